The summed E-state index contributed by atoms with van der Waals surface area (Å²) in [5, 5.41) is 39.6. The number of hydrogen-bond donors (Lipinski definition) is 10. The molecular weight excluding hydrogens is 632 g/mol. The third-order valence-corrected chi connectivity index (χ3v) is 7.61. The fourth-order valence-electron chi connectivity index (χ4n) is 4.12. The maximum absolute atomic E-state index is 13.4. The number of nitrogens with two attached hydrogens (primary N) is 2. The Kier molecular flexibility index (Phi) is 14.4. The number of nitrogens with one attached hydrogen (secondary N) is 5. The number of carbonyl (C=O) groups excluding carboxylic acids is 5. The van der Waals surface area contributed by atoms with E-state index in [4.69, 9.17) is 11.5 Å². The van der Waals surface area contributed by atoms with Crippen molar-refractivity contribution in [3.05, 3.63) is 29.8 Å². The van der Waals surface area contributed by atoms with Gasteiger partial charge in [-0.2, -0.15) is 0 Å². The molecular formula is C26H36N8O11S. The highest BCUT2D eigenvalue weighted by molar-refractivity contribution is 7.85. The van der Waals surface area contributed by atoms with Crippen LogP contribution in [0.3, 0.4) is 0 Å². The third kappa shape index (κ3) is 13.2. The first kappa shape index (κ1) is 36.9. The molecule has 0 bridgehead atoms. The van der Waals surface area contributed by atoms with Crippen molar-refractivity contribution < 1.29 is 53.1 Å². The second kappa shape index (κ2) is 17.9. The average molecular weight is 669 g/mol. The molecule has 0 spiro atoms. The van der Waals surface area contributed by atoms with Gasteiger partial charge in [-0.25, -0.2) is 4.79 Å². The number of phenols is 1. The lowest BCUT2D eigenvalue weighted by Crippen LogP contribution is -2.57. The fourth-order valence-corrected chi connectivity index (χ4v) is 5.21. The van der Waals surface area contributed by atoms with E-state index in [1.54, 1.807) is 0 Å². The lowest BCUT2D eigenvalue weighted by atomic mass is 10.0. The largest absolute Gasteiger partial charge is 0.508 e. The van der Waals surface area contributed by atoms with E-state index in [1.165, 1.54) is 24.3 Å². The molecule has 1 heterocycles. The Labute approximate surface area is 264 Å². The molecule has 0 unspecified atom stereocenters. The maximum Gasteiger partial charge on any atom is 0.327 e. The van der Waals surface area contributed by atoms with E-state index in [1.807, 2.05) is 5.32 Å². The van der Waals surface area contributed by atoms with Crippen molar-refractivity contribution in [2.75, 3.05) is 24.6 Å². The maximum atomic E-state index is 13.4. The number of aliphatic imine (C=N–C) groups is 1. The number of rotatable bonds is 9. The van der Waals surface area contributed by atoms with Crippen LogP contribution in [0.5, 0.6) is 5.75 Å². The number of hydrogen-bond acceptors (Lipinski definition) is 10. The highest BCUT2D eigenvalue weighted by Gasteiger charge is 2.32. The first-order chi connectivity index (χ1) is 21.6. The molecule has 1 aliphatic heterocycles. The Hall–Kier alpha value is -5.27. The predicted molar refractivity (Wildman–Crippen MR) is 160 cm³/mol. The van der Waals surface area contributed by atoms with Crippen molar-refractivity contribution in [3.63, 3.8) is 0 Å². The molecule has 0 saturated carbocycles. The second-order valence-corrected chi connectivity index (χ2v) is 11.6. The van der Waals surface area contributed by atoms with Crippen LogP contribution in [0.4, 0.5) is 0 Å². The molecule has 1 aromatic carbocycles. The fraction of sp³-hybridized carbons (Fsp3) is 0.462. The van der Waals surface area contributed by atoms with Gasteiger partial charge in [-0.1, -0.05) is 12.1 Å². The SMILES string of the molecule is NC(N)=NCCC[C@@H]1NC(=O)[C@H](Cc2ccc(O)cc2)NC(=O)C[S@](=O)C[C@@H](C(=O)O)NC(=O)[C@@H](CC(=O)O)NC(=O)CNC1=O. The van der Waals surface area contributed by atoms with Crippen molar-refractivity contribution >= 4 is 58.2 Å². The van der Waals surface area contributed by atoms with Crippen LogP contribution in [0.2, 0.25) is 0 Å². The summed E-state index contributed by atoms with van der Waals surface area (Å²) in [5.41, 5.74) is 11.1. The molecule has 0 aliphatic carbocycles. The van der Waals surface area contributed by atoms with Crippen LogP contribution in [0.15, 0.2) is 29.3 Å². The van der Waals surface area contributed by atoms with Crippen LogP contribution in [0.1, 0.15) is 24.8 Å². The molecule has 5 atom stereocenters. The van der Waals surface area contributed by atoms with Gasteiger partial charge in [0.1, 0.15) is 35.7 Å². The number of aliphatic carboxylic acids is 2. The van der Waals surface area contributed by atoms with Gasteiger partial charge in [0.25, 0.3) is 0 Å². The molecule has 2 rings (SSSR count). The first-order valence-electron chi connectivity index (χ1n) is 13.7. The van der Waals surface area contributed by atoms with Crippen LogP contribution in [0.25, 0.3) is 0 Å². The van der Waals surface area contributed by atoms with Gasteiger partial charge in [0.15, 0.2) is 5.96 Å². The Balaban J connectivity index is 2.42. The molecule has 20 heteroatoms. The number of guanidine groups is 1. The van der Waals surface area contributed by atoms with Gasteiger partial charge in [-0.05, 0) is 30.5 Å². The van der Waals surface area contributed by atoms with Crippen molar-refractivity contribution in [2.45, 2.75) is 49.9 Å². The van der Waals surface area contributed by atoms with Crippen LogP contribution < -0.4 is 38.1 Å². The van der Waals surface area contributed by atoms with E-state index in [0.29, 0.717) is 5.56 Å². The number of benzene rings is 1. The van der Waals surface area contributed by atoms with Crippen molar-refractivity contribution in [3.8, 4) is 5.75 Å². The molecule has 1 fully saturated rings. The predicted octanol–water partition coefficient (Wildman–Crippen LogP) is -4.63. The zero-order chi connectivity index (χ0) is 34.4. The molecule has 5 amide bonds. The molecule has 46 heavy (non-hydrogen) atoms. The highest BCUT2D eigenvalue weighted by Crippen LogP contribution is 2.12. The first-order valence-corrected chi connectivity index (χ1v) is 15.2. The Morgan fingerprint density at radius 1 is 0.870 bits per heavy atom. The van der Waals surface area contributed by atoms with Gasteiger partial charge in [-0.3, -0.25) is 38.0 Å². The van der Waals surface area contributed by atoms with Crippen LogP contribution >= 0.6 is 0 Å². The number of nitrogens with zero attached hydrogens (tertiary/aromatic N) is 1. The van der Waals surface area contributed by atoms with E-state index in [-0.39, 0.29) is 37.5 Å². The number of amides is 5. The second-order valence-electron chi connectivity index (χ2n) is 10.1. The minimum Gasteiger partial charge on any atom is -0.508 e. The molecule has 0 radical (unpaired) electrons. The minimum absolute atomic E-state index is 0.0412. The van der Waals surface area contributed by atoms with Crippen LogP contribution in [0, 0.1) is 0 Å². The minimum atomic E-state index is -2.22. The quantitative estimate of drug-likeness (QED) is 0.0673. The van der Waals surface area contributed by atoms with Crippen molar-refractivity contribution in [1.29, 1.82) is 0 Å². The highest BCUT2D eigenvalue weighted by atomic mass is 32.2. The van der Waals surface area contributed by atoms with E-state index < -0.39 is 101 Å². The summed E-state index contributed by atoms with van der Waals surface area (Å²) in [7, 11) is -2.22. The average Bonchev–Trinajstić information content (AvgIpc) is 2.96. The topological polar surface area (TPSA) is 322 Å². The number of carbonyl (C=O) groups is 7. The number of carboxylic acid groups (broad SMARTS) is 2. The van der Waals surface area contributed by atoms with Gasteiger partial charge < -0.3 is 53.4 Å². The van der Waals surface area contributed by atoms with Crippen molar-refractivity contribution in [1.82, 2.24) is 26.6 Å². The molecule has 252 valence electrons. The lowest BCUT2D eigenvalue weighted by Gasteiger charge is -2.24. The zero-order valence-corrected chi connectivity index (χ0v) is 25.2. The van der Waals surface area contributed by atoms with Gasteiger partial charge in [0.2, 0.25) is 29.5 Å². The normalized spacial score (nSPS) is 23.7. The summed E-state index contributed by atoms with van der Waals surface area (Å²) in [4.78, 5) is 91.6. The molecule has 1 aromatic rings. The van der Waals surface area contributed by atoms with E-state index >= 15 is 0 Å². The molecule has 1 saturated heterocycles. The van der Waals surface area contributed by atoms with E-state index in [2.05, 4.69) is 26.3 Å². The monoisotopic (exact) mass is 668 g/mol. The summed E-state index contributed by atoms with van der Waals surface area (Å²) < 4.78 is 12.8. The molecule has 19 nitrogen and oxygen atoms in total. The standard InChI is InChI=1S/C26H36N8O11S/c27-26(28)29-7-1-2-15-22(40)30-10-19(36)31-17(9-21(38)39)24(42)34-18(25(43)44)11-46(45)12-20(37)32-16(23(41)33-15)8-13-3-5-14(35)6-4-13/h3-6,15-18,35H,1-2,7-12H2,(H,30,40)(H,31,36)(H,32,37)(H,33,41)(H,34,42)(H,38,39)(H,43,44)(H4,27,28,29)/t15-,16-,17+,18-,46+/m0/s1. The Bertz CT molecular complexity index is 1370. The molecule has 0 aromatic heterocycles. The third-order valence-electron chi connectivity index (χ3n) is 6.32. The Morgan fingerprint density at radius 2 is 1.50 bits per heavy atom. The summed E-state index contributed by atoms with van der Waals surface area (Å²) in [5.74, 6) is -9.91. The van der Waals surface area contributed by atoms with E-state index in [0.717, 1.165) is 0 Å². The lowest BCUT2D eigenvalue weighted by molar-refractivity contribution is -0.143. The van der Waals surface area contributed by atoms with Crippen LogP contribution in [-0.4, -0.2) is 116 Å². The number of aromatic hydroxyl groups is 1. The smallest absolute Gasteiger partial charge is 0.327 e. The summed E-state index contributed by atoms with van der Waals surface area (Å²) in [6, 6.07) is -0.622. The molecule has 1 aliphatic rings. The summed E-state index contributed by atoms with van der Waals surface area (Å²) >= 11 is 0. The van der Waals surface area contributed by atoms with E-state index in [9.17, 15) is 53.1 Å². The van der Waals surface area contributed by atoms with Crippen molar-refractivity contribution in [2.24, 2.45) is 16.5 Å². The number of carboxylic acids is 2. The Morgan fingerprint density at radius 3 is 2.11 bits per heavy atom. The molecule has 12 N–H and O–H groups in total. The van der Waals surface area contributed by atoms with Gasteiger partial charge >= 0.3 is 11.9 Å². The summed E-state index contributed by atoms with van der Waals surface area (Å²) in [6.07, 6.45) is -0.966. The summed E-state index contributed by atoms with van der Waals surface area (Å²) in [6.45, 7) is -0.701. The van der Waals surface area contributed by atoms with Gasteiger partial charge in [-0.15, -0.1) is 0 Å². The number of phenolic OH excluding ortho intramolecular Hbond substituents is 1. The van der Waals surface area contributed by atoms with Gasteiger partial charge in [0.05, 0.1) is 18.7 Å². The van der Waals surface area contributed by atoms with Crippen LogP contribution in [-0.2, 0) is 50.8 Å². The van der Waals surface area contributed by atoms with Gasteiger partial charge in [0, 0.05) is 23.8 Å². The zero-order valence-electron chi connectivity index (χ0n) is 24.4.